The van der Waals surface area contributed by atoms with Crippen molar-refractivity contribution in [2.24, 2.45) is 4.99 Å². The van der Waals surface area contributed by atoms with E-state index in [1.54, 1.807) is 14.1 Å². The molecular weight excluding hydrogens is 319 g/mol. The maximum absolute atomic E-state index is 11.0. The second-order valence-corrected chi connectivity index (χ2v) is 3.72. The number of amides is 1. The van der Waals surface area contributed by atoms with Gasteiger partial charge in [-0.15, -0.1) is 24.0 Å². The number of rotatable bonds is 3. The van der Waals surface area contributed by atoms with Gasteiger partial charge >= 0.3 is 0 Å². The maximum Gasteiger partial charge on any atom is 0.239 e. The first kappa shape index (κ1) is 15.5. The lowest BCUT2D eigenvalue weighted by atomic mass is 10.2. The van der Waals surface area contributed by atoms with Crippen molar-refractivity contribution in [2.45, 2.75) is 31.7 Å². The van der Waals surface area contributed by atoms with E-state index in [0.717, 1.165) is 0 Å². The average molecular weight is 340 g/mol. The summed E-state index contributed by atoms with van der Waals surface area (Å²) in [6.07, 6.45) is 4.95. The Morgan fingerprint density at radius 1 is 1.38 bits per heavy atom. The number of carbonyl (C=O) groups excluding carboxylic acids is 1. The smallest absolute Gasteiger partial charge is 0.239 e. The molecule has 3 N–H and O–H groups in total. The number of nitrogens with one attached hydrogen (secondary N) is 3. The van der Waals surface area contributed by atoms with Crippen LogP contribution in [0.3, 0.4) is 0 Å². The lowest BCUT2D eigenvalue weighted by Crippen LogP contribution is -2.45. The van der Waals surface area contributed by atoms with E-state index >= 15 is 0 Å². The van der Waals surface area contributed by atoms with Crippen molar-refractivity contribution in [2.75, 3.05) is 20.6 Å². The van der Waals surface area contributed by atoms with Crippen molar-refractivity contribution in [3.05, 3.63) is 0 Å². The fourth-order valence-electron chi connectivity index (χ4n) is 1.71. The fourth-order valence-corrected chi connectivity index (χ4v) is 1.71. The van der Waals surface area contributed by atoms with Crippen LogP contribution in [-0.2, 0) is 4.79 Å². The minimum Gasteiger partial charge on any atom is -0.358 e. The highest BCUT2D eigenvalue weighted by Crippen LogP contribution is 2.17. The summed E-state index contributed by atoms with van der Waals surface area (Å²) in [7, 11) is 3.34. The van der Waals surface area contributed by atoms with E-state index < -0.39 is 0 Å². The molecule has 0 bridgehead atoms. The van der Waals surface area contributed by atoms with E-state index in [2.05, 4.69) is 20.9 Å². The molecule has 1 saturated carbocycles. The zero-order valence-electron chi connectivity index (χ0n) is 9.88. The Kier molecular flexibility index (Phi) is 8.32. The monoisotopic (exact) mass is 340 g/mol. The second kappa shape index (κ2) is 8.60. The number of aliphatic imine (C=N–C) groups is 1. The van der Waals surface area contributed by atoms with Gasteiger partial charge in [-0.05, 0) is 12.8 Å². The third kappa shape index (κ3) is 5.53. The number of likely N-dealkylation sites (N-methyl/N-ethyl adjacent to an activating group) is 1. The van der Waals surface area contributed by atoms with E-state index in [-0.39, 0.29) is 36.4 Å². The van der Waals surface area contributed by atoms with Crippen LogP contribution in [0.15, 0.2) is 4.99 Å². The number of guanidine groups is 1. The molecule has 0 saturated heterocycles. The molecule has 0 aromatic rings. The highest BCUT2D eigenvalue weighted by atomic mass is 127. The van der Waals surface area contributed by atoms with Crippen LogP contribution in [0.1, 0.15) is 25.7 Å². The first-order valence-electron chi connectivity index (χ1n) is 5.44. The molecule has 0 spiro atoms. The summed E-state index contributed by atoms with van der Waals surface area (Å²) in [6.45, 7) is 0.267. The molecule has 16 heavy (non-hydrogen) atoms. The van der Waals surface area contributed by atoms with Crippen LogP contribution in [0.25, 0.3) is 0 Å². The third-order valence-electron chi connectivity index (χ3n) is 2.61. The molecule has 1 rings (SSSR count). The summed E-state index contributed by atoms with van der Waals surface area (Å²) in [5.41, 5.74) is 0. The van der Waals surface area contributed by atoms with Crippen molar-refractivity contribution in [1.29, 1.82) is 0 Å². The average Bonchev–Trinajstić information content (AvgIpc) is 2.76. The summed E-state index contributed by atoms with van der Waals surface area (Å²) >= 11 is 0. The molecule has 0 radical (unpaired) electrons. The van der Waals surface area contributed by atoms with E-state index in [4.69, 9.17) is 0 Å². The third-order valence-corrected chi connectivity index (χ3v) is 2.61. The van der Waals surface area contributed by atoms with E-state index in [1.807, 2.05) is 0 Å². The van der Waals surface area contributed by atoms with Crippen molar-refractivity contribution in [3.8, 4) is 0 Å². The molecular formula is C10H21IN4O. The highest BCUT2D eigenvalue weighted by Gasteiger charge is 2.15. The van der Waals surface area contributed by atoms with Crippen molar-refractivity contribution < 1.29 is 4.79 Å². The highest BCUT2D eigenvalue weighted by molar-refractivity contribution is 14.0. The van der Waals surface area contributed by atoms with E-state index in [1.165, 1.54) is 25.7 Å². The molecule has 1 aliphatic rings. The maximum atomic E-state index is 11.0. The predicted molar refractivity (Wildman–Crippen MR) is 76.2 cm³/mol. The van der Waals surface area contributed by atoms with Crippen LogP contribution in [0.2, 0.25) is 0 Å². The molecule has 0 aromatic carbocycles. The molecule has 0 aromatic heterocycles. The lowest BCUT2D eigenvalue weighted by molar-refractivity contribution is -0.119. The largest absolute Gasteiger partial charge is 0.358 e. The normalized spacial score (nSPS) is 16.5. The van der Waals surface area contributed by atoms with Crippen molar-refractivity contribution in [3.63, 3.8) is 0 Å². The minimum absolute atomic E-state index is 0. The van der Waals surface area contributed by atoms with Crippen molar-refractivity contribution in [1.82, 2.24) is 16.0 Å². The zero-order chi connectivity index (χ0) is 11.1. The Balaban J connectivity index is 0.00000225. The number of hydrogen-bond acceptors (Lipinski definition) is 2. The fraction of sp³-hybridized carbons (Fsp3) is 0.800. The van der Waals surface area contributed by atoms with Gasteiger partial charge < -0.3 is 16.0 Å². The van der Waals surface area contributed by atoms with Gasteiger partial charge in [-0.25, -0.2) is 0 Å². The van der Waals surface area contributed by atoms with Crippen molar-refractivity contribution >= 4 is 35.8 Å². The first-order valence-corrected chi connectivity index (χ1v) is 5.44. The predicted octanol–water partition coefficient (Wildman–Crippen LogP) is 0.458. The Morgan fingerprint density at radius 2 is 2.00 bits per heavy atom. The van der Waals surface area contributed by atoms with Crippen LogP contribution >= 0.6 is 24.0 Å². The number of halogens is 1. The van der Waals surface area contributed by atoms with Crippen LogP contribution < -0.4 is 16.0 Å². The van der Waals surface area contributed by atoms with E-state index in [9.17, 15) is 4.79 Å². The standard InChI is InChI=1S/C10H20N4O.HI/c1-11-9(15)7-13-10(12-2)14-8-5-3-4-6-8;/h8H,3-7H2,1-2H3,(H,11,15)(H2,12,13,14);1H. The zero-order valence-corrected chi connectivity index (χ0v) is 12.2. The quantitative estimate of drug-likeness (QED) is 0.397. The molecule has 1 amide bonds. The van der Waals surface area contributed by atoms with Gasteiger partial charge in [-0.1, -0.05) is 12.8 Å². The van der Waals surface area contributed by atoms with E-state index in [0.29, 0.717) is 12.0 Å². The molecule has 5 nitrogen and oxygen atoms in total. The van der Waals surface area contributed by atoms with Gasteiger partial charge in [-0.3, -0.25) is 9.79 Å². The van der Waals surface area contributed by atoms with Crippen LogP contribution in [0, 0.1) is 0 Å². The first-order chi connectivity index (χ1) is 7.26. The van der Waals surface area contributed by atoms with Crippen LogP contribution in [0.4, 0.5) is 0 Å². The summed E-state index contributed by atoms with van der Waals surface area (Å²) in [4.78, 5) is 15.1. The van der Waals surface area contributed by atoms with Gasteiger partial charge in [0, 0.05) is 20.1 Å². The molecule has 0 aliphatic heterocycles. The van der Waals surface area contributed by atoms with Gasteiger partial charge in [0.1, 0.15) is 0 Å². The molecule has 0 atom stereocenters. The Morgan fingerprint density at radius 3 is 2.50 bits per heavy atom. The second-order valence-electron chi connectivity index (χ2n) is 3.72. The summed E-state index contributed by atoms with van der Waals surface area (Å²) < 4.78 is 0. The van der Waals surface area contributed by atoms with Gasteiger partial charge in [-0.2, -0.15) is 0 Å². The number of carbonyl (C=O) groups is 1. The number of hydrogen-bond donors (Lipinski definition) is 3. The molecule has 1 aliphatic carbocycles. The molecule has 0 heterocycles. The minimum atomic E-state index is -0.0376. The Hall–Kier alpha value is -0.530. The van der Waals surface area contributed by atoms with Gasteiger partial charge in [0.2, 0.25) is 5.91 Å². The van der Waals surface area contributed by atoms with Crippen LogP contribution in [-0.4, -0.2) is 38.5 Å². The summed E-state index contributed by atoms with van der Waals surface area (Å²) in [5.74, 6) is 0.676. The van der Waals surface area contributed by atoms with Gasteiger partial charge in [0.05, 0.1) is 6.54 Å². The molecule has 0 unspecified atom stereocenters. The van der Waals surface area contributed by atoms with Crippen LogP contribution in [0.5, 0.6) is 0 Å². The summed E-state index contributed by atoms with van der Waals surface area (Å²) in [6, 6.07) is 0.515. The van der Waals surface area contributed by atoms with Gasteiger partial charge in [0.15, 0.2) is 5.96 Å². The molecule has 94 valence electrons. The molecule has 1 fully saturated rings. The van der Waals surface area contributed by atoms with Gasteiger partial charge in [0.25, 0.3) is 0 Å². The molecule has 6 heteroatoms. The SMILES string of the molecule is CN=C(NCC(=O)NC)NC1CCCC1.I. The lowest BCUT2D eigenvalue weighted by Gasteiger charge is -2.16. The number of nitrogens with zero attached hydrogens (tertiary/aromatic N) is 1. The topological polar surface area (TPSA) is 65.5 Å². The Bertz CT molecular complexity index is 239. The Labute approximate surface area is 114 Å². The summed E-state index contributed by atoms with van der Waals surface area (Å²) in [5, 5.41) is 8.83.